The van der Waals surface area contributed by atoms with Crippen LogP contribution in [0.5, 0.6) is 0 Å². The van der Waals surface area contributed by atoms with Crippen LogP contribution in [0.25, 0.3) is 0 Å². The molecule has 0 saturated carbocycles. The second-order valence-electron chi connectivity index (χ2n) is 8.23. The first kappa shape index (κ1) is 24.2. The van der Waals surface area contributed by atoms with Gasteiger partial charge in [0.05, 0.1) is 4.90 Å². The summed E-state index contributed by atoms with van der Waals surface area (Å²) in [5.41, 5.74) is 2.42. The maximum atomic E-state index is 13.0. The van der Waals surface area contributed by atoms with Gasteiger partial charge in [-0.2, -0.15) is 4.72 Å². The Bertz CT molecular complexity index is 1080. The number of nitrogens with one attached hydrogen (secondary N) is 3. The summed E-state index contributed by atoms with van der Waals surface area (Å²) in [6.45, 7) is 3.96. The molecule has 0 aromatic heterocycles. The van der Waals surface area contributed by atoms with Gasteiger partial charge in [0.1, 0.15) is 6.04 Å². The second kappa shape index (κ2) is 10.5. The molecule has 0 unspecified atom stereocenters. The Kier molecular flexibility index (Phi) is 7.92. The van der Waals surface area contributed by atoms with Crippen molar-refractivity contribution in [2.45, 2.75) is 50.5 Å². The van der Waals surface area contributed by atoms with E-state index in [4.69, 9.17) is 11.6 Å². The third kappa shape index (κ3) is 6.31. The summed E-state index contributed by atoms with van der Waals surface area (Å²) in [6.07, 6.45) is 2.27. The van der Waals surface area contributed by atoms with Crippen LogP contribution in [0.4, 0.5) is 5.69 Å². The number of amides is 2. The van der Waals surface area contributed by atoms with Crippen LogP contribution >= 0.6 is 11.6 Å². The Morgan fingerprint density at radius 1 is 1.12 bits per heavy atom. The van der Waals surface area contributed by atoms with E-state index >= 15 is 0 Å². The van der Waals surface area contributed by atoms with E-state index in [0.717, 1.165) is 11.1 Å². The lowest BCUT2D eigenvalue weighted by Gasteiger charge is -2.22. The van der Waals surface area contributed by atoms with Crippen LogP contribution in [-0.2, 0) is 32.5 Å². The molecule has 0 saturated heterocycles. The number of aryl methyl sites for hydroxylation is 1. The van der Waals surface area contributed by atoms with Crippen LogP contribution in [0.2, 0.25) is 5.02 Å². The number of benzene rings is 2. The average molecular weight is 478 g/mol. The molecule has 1 aliphatic heterocycles. The van der Waals surface area contributed by atoms with Crippen molar-refractivity contribution in [3.05, 3.63) is 58.6 Å². The quantitative estimate of drug-likeness (QED) is 0.542. The minimum Gasteiger partial charge on any atom is -0.354 e. The first-order valence-corrected chi connectivity index (χ1v) is 12.5. The lowest BCUT2D eigenvalue weighted by atomic mass is 10.0. The largest absolute Gasteiger partial charge is 0.354 e. The van der Waals surface area contributed by atoms with Gasteiger partial charge in [0, 0.05) is 23.7 Å². The molecule has 3 N–H and O–H groups in total. The zero-order chi connectivity index (χ0) is 23.3. The highest BCUT2D eigenvalue weighted by molar-refractivity contribution is 7.89. The Hall–Kier alpha value is -2.42. The highest BCUT2D eigenvalue weighted by atomic mass is 35.5. The SMILES string of the molecule is CC(C)[C@H](NS(=O)(=O)c1ccc2c(c1)CCCC(=O)N2)C(=O)NCCc1ccc(Cl)cc1. The summed E-state index contributed by atoms with van der Waals surface area (Å²) in [5, 5.41) is 6.26. The minimum atomic E-state index is -3.93. The highest BCUT2D eigenvalue weighted by Gasteiger charge is 2.29. The van der Waals surface area contributed by atoms with Crippen molar-refractivity contribution < 1.29 is 18.0 Å². The van der Waals surface area contributed by atoms with Crippen molar-refractivity contribution in [2.24, 2.45) is 5.92 Å². The van der Waals surface area contributed by atoms with Gasteiger partial charge >= 0.3 is 0 Å². The molecule has 2 aromatic carbocycles. The average Bonchev–Trinajstić information content (AvgIpc) is 2.93. The Morgan fingerprint density at radius 3 is 2.53 bits per heavy atom. The van der Waals surface area contributed by atoms with Crippen molar-refractivity contribution in [2.75, 3.05) is 11.9 Å². The molecule has 1 heterocycles. The number of halogens is 1. The zero-order valence-electron chi connectivity index (χ0n) is 18.2. The Morgan fingerprint density at radius 2 is 1.84 bits per heavy atom. The van der Waals surface area contributed by atoms with Gasteiger partial charge in [-0.05, 0) is 66.6 Å². The molecule has 3 rings (SSSR count). The number of fused-ring (bicyclic) bond motifs is 1. The van der Waals surface area contributed by atoms with Crippen molar-refractivity contribution in [1.82, 2.24) is 10.0 Å². The van der Waals surface area contributed by atoms with Crippen LogP contribution < -0.4 is 15.4 Å². The van der Waals surface area contributed by atoms with Gasteiger partial charge in [-0.15, -0.1) is 0 Å². The number of rotatable bonds is 8. The van der Waals surface area contributed by atoms with Crippen LogP contribution in [0.1, 0.15) is 37.8 Å². The lowest BCUT2D eigenvalue weighted by Crippen LogP contribution is -2.49. The Balaban J connectivity index is 1.67. The van der Waals surface area contributed by atoms with Crippen LogP contribution in [0.15, 0.2) is 47.4 Å². The van der Waals surface area contributed by atoms with Crippen LogP contribution in [-0.4, -0.2) is 32.8 Å². The van der Waals surface area contributed by atoms with Crippen molar-refractivity contribution in [3.8, 4) is 0 Å². The second-order valence-corrected chi connectivity index (χ2v) is 10.4. The van der Waals surface area contributed by atoms with Gasteiger partial charge in [0.25, 0.3) is 0 Å². The van der Waals surface area contributed by atoms with Gasteiger partial charge in [-0.25, -0.2) is 8.42 Å². The van der Waals surface area contributed by atoms with E-state index in [0.29, 0.717) is 42.9 Å². The van der Waals surface area contributed by atoms with E-state index in [-0.39, 0.29) is 22.6 Å². The van der Waals surface area contributed by atoms with E-state index in [1.807, 2.05) is 12.1 Å². The molecule has 0 spiro atoms. The fraction of sp³-hybridized carbons (Fsp3) is 0.391. The van der Waals surface area contributed by atoms with Gasteiger partial charge in [0.15, 0.2) is 0 Å². The standard InChI is InChI=1S/C23H28ClN3O4S/c1-15(2)22(23(29)25-13-12-16-6-8-18(24)9-7-16)27-32(30,31)19-10-11-20-17(14-19)4-3-5-21(28)26-20/h6-11,14-15,22,27H,3-5,12-13H2,1-2H3,(H,25,29)(H,26,28)/t22-/m0/s1. The molecule has 2 aromatic rings. The minimum absolute atomic E-state index is 0.0759. The van der Waals surface area contributed by atoms with E-state index < -0.39 is 16.1 Å². The number of carbonyl (C=O) groups is 2. The van der Waals surface area contributed by atoms with Gasteiger partial charge in [-0.3, -0.25) is 9.59 Å². The summed E-state index contributed by atoms with van der Waals surface area (Å²) in [6, 6.07) is 11.1. The van der Waals surface area contributed by atoms with Crippen LogP contribution in [0, 0.1) is 5.92 Å². The summed E-state index contributed by atoms with van der Waals surface area (Å²) in [4.78, 5) is 24.5. The highest BCUT2D eigenvalue weighted by Crippen LogP contribution is 2.25. The van der Waals surface area contributed by atoms with Crippen LogP contribution in [0.3, 0.4) is 0 Å². The molecular weight excluding hydrogens is 450 g/mol. The normalized spacial score (nSPS) is 14.9. The topological polar surface area (TPSA) is 104 Å². The molecule has 0 fully saturated rings. The zero-order valence-corrected chi connectivity index (χ0v) is 19.7. The first-order valence-electron chi connectivity index (χ1n) is 10.6. The number of sulfonamides is 1. The Labute approximate surface area is 194 Å². The molecule has 2 amide bonds. The summed E-state index contributed by atoms with van der Waals surface area (Å²) in [5.74, 6) is -0.701. The number of carbonyl (C=O) groups excluding carboxylic acids is 2. The van der Waals surface area contributed by atoms with Gasteiger partial charge in [0.2, 0.25) is 21.8 Å². The third-order valence-corrected chi connectivity index (χ3v) is 7.06. The van der Waals surface area contributed by atoms with E-state index in [1.165, 1.54) is 6.07 Å². The number of anilines is 1. The fourth-order valence-electron chi connectivity index (χ4n) is 3.54. The number of hydrogen-bond acceptors (Lipinski definition) is 4. The molecule has 172 valence electrons. The van der Waals surface area contributed by atoms with E-state index in [1.54, 1.807) is 38.1 Å². The van der Waals surface area contributed by atoms with Crippen molar-refractivity contribution >= 4 is 39.1 Å². The summed E-state index contributed by atoms with van der Waals surface area (Å²) in [7, 11) is -3.93. The molecule has 32 heavy (non-hydrogen) atoms. The monoisotopic (exact) mass is 477 g/mol. The lowest BCUT2D eigenvalue weighted by molar-refractivity contribution is -0.123. The first-order chi connectivity index (χ1) is 15.2. The molecule has 9 heteroatoms. The van der Waals surface area contributed by atoms with Gasteiger partial charge < -0.3 is 10.6 Å². The fourth-order valence-corrected chi connectivity index (χ4v) is 5.06. The molecule has 0 radical (unpaired) electrons. The molecule has 1 atom stereocenters. The smallest absolute Gasteiger partial charge is 0.241 e. The maximum absolute atomic E-state index is 13.0. The van der Waals surface area contributed by atoms with Crippen molar-refractivity contribution in [1.29, 1.82) is 0 Å². The predicted molar refractivity (Wildman–Crippen MR) is 125 cm³/mol. The summed E-state index contributed by atoms with van der Waals surface area (Å²) < 4.78 is 28.6. The maximum Gasteiger partial charge on any atom is 0.241 e. The van der Waals surface area contributed by atoms with E-state index in [9.17, 15) is 18.0 Å². The number of hydrogen-bond donors (Lipinski definition) is 3. The molecule has 7 nitrogen and oxygen atoms in total. The molecule has 0 bridgehead atoms. The molecule has 1 aliphatic rings. The van der Waals surface area contributed by atoms with Crippen molar-refractivity contribution in [3.63, 3.8) is 0 Å². The third-order valence-electron chi connectivity index (χ3n) is 5.37. The molecular formula is C23H28ClN3O4S. The summed E-state index contributed by atoms with van der Waals surface area (Å²) >= 11 is 5.88. The van der Waals surface area contributed by atoms with Gasteiger partial charge in [-0.1, -0.05) is 37.6 Å². The van der Waals surface area contributed by atoms with E-state index in [2.05, 4.69) is 15.4 Å². The molecule has 0 aliphatic carbocycles. The predicted octanol–water partition coefficient (Wildman–Crippen LogP) is 3.28.